The van der Waals surface area contributed by atoms with Crippen molar-refractivity contribution < 1.29 is 9.84 Å². The fourth-order valence-electron chi connectivity index (χ4n) is 2.22. The molecule has 1 aromatic heterocycles. The summed E-state index contributed by atoms with van der Waals surface area (Å²) in [6, 6.07) is 0. The van der Waals surface area contributed by atoms with E-state index in [4.69, 9.17) is 4.74 Å². The fraction of sp³-hybridized carbons (Fsp3) is 0.750. The third-order valence-corrected chi connectivity index (χ3v) is 4.57. The highest BCUT2D eigenvalue weighted by atomic mass is 32.1. The molecule has 2 rings (SSSR count). The monoisotopic (exact) mass is 256 g/mol. The number of aliphatic hydroxyl groups excluding tert-OH is 1. The van der Waals surface area contributed by atoms with Gasteiger partial charge in [-0.05, 0) is 26.7 Å². The van der Waals surface area contributed by atoms with Crippen molar-refractivity contribution in [2.45, 2.75) is 38.9 Å². The summed E-state index contributed by atoms with van der Waals surface area (Å²) in [5, 5.41) is 10.7. The first kappa shape index (κ1) is 12.8. The lowest BCUT2D eigenvalue weighted by atomic mass is 10.1. The number of nitrogens with zero attached hydrogens (tertiary/aromatic N) is 2. The van der Waals surface area contributed by atoms with Gasteiger partial charge in [-0.25, -0.2) is 4.98 Å². The molecule has 1 fully saturated rings. The SMILES string of the molecule is COC1CCCN(c2nc(C)c(C(C)O)s2)C1. The minimum atomic E-state index is -0.427. The Bertz CT molecular complexity index is 379. The normalized spacial score (nSPS) is 22.8. The minimum Gasteiger partial charge on any atom is -0.388 e. The lowest BCUT2D eigenvalue weighted by molar-refractivity contribution is 0.0893. The Morgan fingerprint density at radius 3 is 2.94 bits per heavy atom. The smallest absolute Gasteiger partial charge is 0.185 e. The number of methoxy groups -OCH3 is 1. The quantitative estimate of drug-likeness (QED) is 0.900. The zero-order valence-electron chi connectivity index (χ0n) is 10.6. The number of thiazole rings is 1. The van der Waals surface area contributed by atoms with Gasteiger partial charge in [-0.15, -0.1) is 0 Å². The second-order valence-electron chi connectivity index (χ2n) is 4.57. The average molecular weight is 256 g/mol. The molecule has 17 heavy (non-hydrogen) atoms. The van der Waals surface area contributed by atoms with Gasteiger partial charge in [0.05, 0.1) is 22.8 Å². The third-order valence-electron chi connectivity index (χ3n) is 3.18. The standard InChI is InChI=1S/C12H20N2O2S/c1-8-11(9(2)15)17-12(13-8)14-6-4-5-10(7-14)16-3/h9-10,15H,4-7H2,1-3H3. The molecule has 1 aliphatic rings. The van der Waals surface area contributed by atoms with Crippen molar-refractivity contribution in [3.63, 3.8) is 0 Å². The maximum absolute atomic E-state index is 9.64. The lowest BCUT2D eigenvalue weighted by Crippen LogP contribution is -2.39. The molecule has 1 N–H and O–H groups in total. The number of anilines is 1. The lowest BCUT2D eigenvalue weighted by Gasteiger charge is -2.31. The zero-order chi connectivity index (χ0) is 12.4. The number of rotatable bonds is 3. The van der Waals surface area contributed by atoms with Crippen molar-refractivity contribution in [3.8, 4) is 0 Å². The van der Waals surface area contributed by atoms with E-state index < -0.39 is 6.10 Å². The van der Waals surface area contributed by atoms with Crippen molar-refractivity contribution in [1.82, 2.24) is 4.98 Å². The molecule has 0 bridgehead atoms. The molecule has 0 spiro atoms. The Balaban J connectivity index is 2.14. The van der Waals surface area contributed by atoms with Gasteiger partial charge in [-0.2, -0.15) is 0 Å². The van der Waals surface area contributed by atoms with Crippen LogP contribution in [0.3, 0.4) is 0 Å². The van der Waals surface area contributed by atoms with Gasteiger partial charge in [0.2, 0.25) is 0 Å². The molecule has 4 nitrogen and oxygen atoms in total. The Morgan fingerprint density at radius 2 is 2.35 bits per heavy atom. The van der Waals surface area contributed by atoms with Gasteiger partial charge in [-0.3, -0.25) is 0 Å². The second kappa shape index (κ2) is 5.33. The summed E-state index contributed by atoms with van der Waals surface area (Å²) in [6.45, 7) is 5.69. The topological polar surface area (TPSA) is 45.6 Å². The first-order valence-electron chi connectivity index (χ1n) is 6.05. The van der Waals surface area contributed by atoms with Crippen molar-refractivity contribution >= 4 is 16.5 Å². The molecule has 2 unspecified atom stereocenters. The van der Waals surface area contributed by atoms with Crippen LogP contribution < -0.4 is 4.90 Å². The van der Waals surface area contributed by atoms with Crippen molar-refractivity contribution in [3.05, 3.63) is 10.6 Å². The van der Waals surface area contributed by atoms with Crippen LogP contribution in [0.1, 0.15) is 36.4 Å². The van der Waals surface area contributed by atoms with Crippen LogP contribution >= 0.6 is 11.3 Å². The Kier molecular flexibility index (Phi) is 4.01. The van der Waals surface area contributed by atoms with E-state index in [1.165, 1.54) is 0 Å². The number of aromatic nitrogens is 1. The van der Waals surface area contributed by atoms with Crippen molar-refractivity contribution in [2.24, 2.45) is 0 Å². The average Bonchev–Trinajstić information content (AvgIpc) is 2.71. The summed E-state index contributed by atoms with van der Waals surface area (Å²) < 4.78 is 5.41. The molecule has 1 aliphatic heterocycles. The highest BCUT2D eigenvalue weighted by molar-refractivity contribution is 7.15. The van der Waals surface area contributed by atoms with Gasteiger partial charge in [-0.1, -0.05) is 11.3 Å². The Hall–Kier alpha value is -0.650. The van der Waals surface area contributed by atoms with Crippen LogP contribution in [0, 0.1) is 6.92 Å². The van der Waals surface area contributed by atoms with Crippen LogP contribution in [0.5, 0.6) is 0 Å². The zero-order valence-corrected chi connectivity index (χ0v) is 11.5. The van der Waals surface area contributed by atoms with Gasteiger partial charge in [0.1, 0.15) is 0 Å². The predicted molar refractivity (Wildman–Crippen MR) is 69.7 cm³/mol. The molecule has 0 amide bonds. The number of hydrogen-bond acceptors (Lipinski definition) is 5. The van der Waals surface area contributed by atoms with E-state index in [1.807, 2.05) is 6.92 Å². The summed E-state index contributed by atoms with van der Waals surface area (Å²) in [7, 11) is 1.77. The molecule has 2 heterocycles. The number of aliphatic hydroxyl groups is 1. The largest absolute Gasteiger partial charge is 0.388 e. The van der Waals surface area contributed by atoms with E-state index in [0.717, 1.165) is 41.6 Å². The number of aryl methyl sites for hydroxylation is 1. The molecular formula is C12H20N2O2S. The third kappa shape index (κ3) is 2.78. The first-order valence-corrected chi connectivity index (χ1v) is 6.86. The molecule has 2 atom stereocenters. The van der Waals surface area contributed by atoms with Crippen LogP contribution in [-0.4, -0.2) is 36.4 Å². The Morgan fingerprint density at radius 1 is 1.59 bits per heavy atom. The van der Waals surface area contributed by atoms with Gasteiger partial charge < -0.3 is 14.7 Å². The van der Waals surface area contributed by atoms with E-state index in [2.05, 4.69) is 9.88 Å². The van der Waals surface area contributed by atoms with Gasteiger partial charge in [0.25, 0.3) is 0 Å². The molecule has 5 heteroatoms. The van der Waals surface area contributed by atoms with Crippen molar-refractivity contribution in [2.75, 3.05) is 25.1 Å². The predicted octanol–water partition coefficient (Wildman–Crippen LogP) is 2.12. The second-order valence-corrected chi connectivity index (χ2v) is 5.58. The molecule has 0 saturated carbocycles. The van der Waals surface area contributed by atoms with Crippen LogP contribution in [0.2, 0.25) is 0 Å². The molecule has 0 aromatic carbocycles. The first-order chi connectivity index (χ1) is 8.11. The summed E-state index contributed by atoms with van der Waals surface area (Å²) in [5.74, 6) is 0. The molecule has 96 valence electrons. The van der Waals surface area contributed by atoms with E-state index in [1.54, 1.807) is 25.4 Å². The molecule has 0 radical (unpaired) electrons. The summed E-state index contributed by atoms with van der Waals surface area (Å²) >= 11 is 1.60. The molecule has 1 saturated heterocycles. The van der Waals surface area contributed by atoms with Crippen LogP contribution in [-0.2, 0) is 4.74 Å². The maximum atomic E-state index is 9.64. The highest BCUT2D eigenvalue weighted by Gasteiger charge is 2.23. The van der Waals surface area contributed by atoms with Crippen LogP contribution in [0.15, 0.2) is 0 Å². The summed E-state index contributed by atoms with van der Waals surface area (Å²) in [4.78, 5) is 7.79. The maximum Gasteiger partial charge on any atom is 0.185 e. The summed E-state index contributed by atoms with van der Waals surface area (Å²) in [6.07, 6.45) is 2.15. The van der Waals surface area contributed by atoms with Gasteiger partial charge in [0.15, 0.2) is 5.13 Å². The fourth-order valence-corrected chi connectivity index (χ4v) is 3.26. The molecule has 0 aliphatic carbocycles. The number of piperidine rings is 1. The minimum absolute atomic E-state index is 0.308. The Labute approximate surface area is 106 Å². The highest BCUT2D eigenvalue weighted by Crippen LogP contribution is 2.32. The number of hydrogen-bond donors (Lipinski definition) is 1. The van der Waals surface area contributed by atoms with Crippen LogP contribution in [0.25, 0.3) is 0 Å². The molecular weight excluding hydrogens is 236 g/mol. The van der Waals surface area contributed by atoms with E-state index in [-0.39, 0.29) is 0 Å². The summed E-state index contributed by atoms with van der Waals surface area (Å²) in [5.41, 5.74) is 0.944. The van der Waals surface area contributed by atoms with E-state index in [0.29, 0.717) is 6.10 Å². The van der Waals surface area contributed by atoms with Crippen LogP contribution in [0.4, 0.5) is 5.13 Å². The van der Waals surface area contributed by atoms with Crippen molar-refractivity contribution in [1.29, 1.82) is 0 Å². The number of ether oxygens (including phenoxy) is 1. The van der Waals surface area contributed by atoms with Gasteiger partial charge >= 0.3 is 0 Å². The molecule has 1 aromatic rings. The van der Waals surface area contributed by atoms with Gasteiger partial charge in [0, 0.05) is 20.2 Å². The van der Waals surface area contributed by atoms with E-state index >= 15 is 0 Å². The van der Waals surface area contributed by atoms with E-state index in [9.17, 15) is 5.11 Å².